The molecule has 0 radical (unpaired) electrons. The molecule has 2 rings (SSSR count). The summed E-state index contributed by atoms with van der Waals surface area (Å²) in [5.74, 6) is -1.25. The van der Waals surface area contributed by atoms with Gasteiger partial charge in [-0.1, -0.05) is 12.1 Å². The van der Waals surface area contributed by atoms with E-state index < -0.39 is 37.8 Å². The fourth-order valence-corrected chi connectivity index (χ4v) is 2.16. The summed E-state index contributed by atoms with van der Waals surface area (Å²) in [5, 5.41) is 8.82. The maximum atomic E-state index is 12.4. The number of benzene rings is 1. The van der Waals surface area contributed by atoms with Crippen molar-refractivity contribution in [3.8, 4) is 0 Å². The minimum atomic E-state index is -4.48. The van der Waals surface area contributed by atoms with Crippen molar-refractivity contribution < 1.29 is 27.9 Å². The molecule has 114 valence electrons. The van der Waals surface area contributed by atoms with Crippen molar-refractivity contribution in [2.45, 2.75) is 6.18 Å². The number of hydrogen-bond acceptors (Lipinski definition) is 4. The highest BCUT2D eigenvalue weighted by atomic mass is 19.4. The number of rotatable bonds is 5. The number of amides is 2. The number of aliphatic hydroxyl groups is 1. The van der Waals surface area contributed by atoms with E-state index in [0.29, 0.717) is 0 Å². The molecule has 1 aliphatic rings. The first-order valence-electron chi connectivity index (χ1n) is 6.18. The summed E-state index contributed by atoms with van der Waals surface area (Å²) < 4.78 is 37.3. The molecule has 0 aromatic heterocycles. The molecule has 0 atom stereocenters. The van der Waals surface area contributed by atoms with E-state index in [1.54, 1.807) is 12.1 Å². The largest absolute Gasteiger partial charge is 0.401 e. The van der Waals surface area contributed by atoms with Gasteiger partial charge in [0.1, 0.15) is 0 Å². The van der Waals surface area contributed by atoms with Gasteiger partial charge >= 0.3 is 6.18 Å². The van der Waals surface area contributed by atoms with Gasteiger partial charge in [-0.05, 0) is 12.1 Å². The lowest BCUT2D eigenvalue weighted by atomic mass is 10.1. The van der Waals surface area contributed by atoms with E-state index in [4.69, 9.17) is 5.11 Å². The SMILES string of the molecule is O=C1c2ccccc2C(=O)N1CN(CCO)CC(F)(F)F. The molecule has 5 nitrogen and oxygen atoms in total. The van der Waals surface area contributed by atoms with Gasteiger partial charge in [0.2, 0.25) is 0 Å². The number of nitrogens with zero attached hydrogens (tertiary/aromatic N) is 2. The summed E-state index contributed by atoms with van der Waals surface area (Å²) >= 11 is 0. The van der Waals surface area contributed by atoms with Gasteiger partial charge in [-0.2, -0.15) is 13.2 Å². The van der Waals surface area contributed by atoms with Crippen LogP contribution >= 0.6 is 0 Å². The van der Waals surface area contributed by atoms with Crippen LogP contribution in [0.5, 0.6) is 0 Å². The Bertz CT molecular complexity index is 525. The van der Waals surface area contributed by atoms with Crippen LogP contribution in [0.25, 0.3) is 0 Å². The molecular weight excluding hydrogens is 289 g/mol. The lowest BCUT2D eigenvalue weighted by Crippen LogP contribution is -2.45. The van der Waals surface area contributed by atoms with Crippen LogP contribution in [-0.2, 0) is 0 Å². The summed E-state index contributed by atoms with van der Waals surface area (Å²) in [6, 6.07) is 6.06. The minimum absolute atomic E-state index is 0.179. The first kappa shape index (κ1) is 15.5. The number of fused-ring (bicyclic) bond motifs is 1. The Morgan fingerprint density at radius 3 is 2.05 bits per heavy atom. The average Bonchev–Trinajstić information content (AvgIpc) is 2.63. The summed E-state index contributed by atoms with van der Waals surface area (Å²) in [5.41, 5.74) is 0.358. The first-order chi connectivity index (χ1) is 9.83. The van der Waals surface area contributed by atoms with Gasteiger partial charge in [-0.3, -0.25) is 19.4 Å². The molecule has 1 N–H and O–H groups in total. The number of carbonyl (C=O) groups is 2. The number of carbonyl (C=O) groups excluding carboxylic acids is 2. The molecule has 1 aromatic rings. The van der Waals surface area contributed by atoms with Crippen LogP contribution in [0.1, 0.15) is 20.7 Å². The molecule has 8 heteroatoms. The van der Waals surface area contributed by atoms with Crippen LogP contribution in [-0.4, -0.2) is 59.3 Å². The molecule has 0 aliphatic carbocycles. The quantitative estimate of drug-likeness (QED) is 0.827. The van der Waals surface area contributed by atoms with E-state index in [9.17, 15) is 22.8 Å². The molecule has 0 bridgehead atoms. The third-order valence-corrected chi connectivity index (χ3v) is 3.04. The number of hydrogen-bond donors (Lipinski definition) is 1. The van der Waals surface area contributed by atoms with Gasteiger partial charge < -0.3 is 5.11 Å². The van der Waals surface area contributed by atoms with Gasteiger partial charge in [0.05, 0.1) is 30.9 Å². The Labute approximate surface area is 118 Å². The molecule has 0 unspecified atom stereocenters. The van der Waals surface area contributed by atoms with Crippen molar-refractivity contribution in [1.82, 2.24) is 9.80 Å². The van der Waals surface area contributed by atoms with Crippen LogP contribution < -0.4 is 0 Å². The van der Waals surface area contributed by atoms with Crippen molar-refractivity contribution in [3.63, 3.8) is 0 Å². The summed E-state index contributed by atoms with van der Waals surface area (Å²) in [7, 11) is 0. The van der Waals surface area contributed by atoms with E-state index in [1.807, 2.05) is 0 Å². The highest BCUT2D eigenvalue weighted by molar-refractivity contribution is 6.21. The summed E-state index contributed by atoms with van der Waals surface area (Å²) in [6.07, 6.45) is -4.48. The second-order valence-corrected chi connectivity index (χ2v) is 4.62. The Hall–Kier alpha value is -1.93. The Balaban J connectivity index is 2.15. The van der Waals surface area contributed by atoms with E-state index in [-0.39, 0.29) is 17.7 Å². The monoisotopic (exact) mass is 302 g/mol. The fraction of sp³-hybridized carbons (Fsp3) is 0.385. The number of alkyl halides is 3. The zero-order valence-electron chi connectivity index (χ0n) is 10.9. The van der Waals surface area contributed by atoms with Crippen molar-refractivity contribution >= 4 is 11.8 Å². The molecule has 2 amide bonds. The molecule has 21 heavy (non-hydrogen) atoms. The van der Waals surface area contributed by atoms with E-state index >= 15 is 0 Å². The highest BCUT2D eigenvalue weighted by Crippen LogP contribution is 2.23. The first-order valence-corrected chi connectivity index (χ1v) is 6.18. The van der Waals surface area contributed by atoms with Gasteiger partial charge in [0.15, 0.2) is 0 Å². The molecule has 1 heterocycles. The number of aliphatic hydroxyl groups excluding tert-OH is 1. The Morgan fingerprint density at radius 2 is 1.62 bits per heavy atom. The topological polar surface area (TPSA) is 60.9 Å². The second-order valence-electron chi connectivity index (χ2n) is 4.62. The van der Waals surface area contributed by atoms with Gasteiger partial charge in [-0.15, -0.1) is 0 Å². The highest BCUT2D eigenvalue weighted by Gasteiger charge is 2.38. The summed E-state index contributed by atoms with van der Waals surface area (Å²) in [4.78, 5) is 25.7. The van der Waals surface area contributed by atoms with Crippen LogP contribution in [0.3, 0.4) is 0 Å². The van der Waals surface area contributed by atoms with Gasteiger partial charge in [0, 0.05) is 6.54 Å². The lowest BCUT2D eigenvalue weighted by molar-refractivity contribution is -0.149. The maximum Gasteiger partial charge on any atom is 0.401 e. The molecule has 0 saturated heterocycles. The van der Waals surface area contributed by atoms with E-state index in [0.717, 1.165) is 9.80 Å². The zero-order valence-corrected chi connectivity index (χ0v) is 10.9. The average molecular weight is 302 g/mol. The van der Waals surface area contributed by atoms with Gasteiger partial charge in [-0.25, -0.2) is 0 Å². The minimum Gasteiger partial charge on any atom is -0.395 e. The van der Waals surface area contributed by atoms with Gasteiger partial charge in [0.25, 0.3) is 11.8 Å². The van der Waals surface area contributed by atoms with Crippen LogP contribution in [0.2, 0.25) is 0 Å². The Morgan fingerprint density at radius 1 is 1.10 bits per heavy atom. The van der Waals surface area contributed by atoms with Crippen molar-refractivity contribution in [3.05, 3.63) is 35.4 Å². The molecule has 1 aliphatic heterocycles. The summed E-state index contributed by atoms with van der Waals surface area (Å²) in [6.45, 7) is -2.60. The Kier molecular flexibility index (Phi) is 4.29. The normalized spacial score (nSPS) is 15.0. The smallest absolute Gasteiger partial charge is 0.395 e. The molecular formula is C13H13F3N2O3. The zero-order chi connectivity index (χ0) is 15.6. The number of imide groups is 1. The predicted molar refractivity (Wildman–Crippen MR) is 66.5 cm³/mol. The van der Waals surface area contributed by atoms with Crippen LogP contribution in [0, 0.1) is 0 Å². The third kappa shape index (κ3) is 3.40. The van der Waals surface area contributed by atoms with Crippen molar-refractivity contribution in [2.24, 2.45) is 0 Å². The van der Waals surface area contributed by atoms with E-state index in [1.165, 1.54) is 12.1 Å². The van der Waals surface area contributed by atoms with Crippen LogP contribution in [0.15, 0.2) is 24.3 Å². The van der Waals surface area contributed by atoms with Crippen molar-refractivity contribution in [1.29, 1.82) is 0 Å². The molecule has 0 spiro atoms. The number of halogens is 3. The predicted octanol–water partition coefficient (Wildman–Crippen LogP) is 1.10. The van der Waals surface area contributed by atoms with Crippen molar-refractivity contribution in [2.75, 3.05) is 26.4 Å². The molecule has 0 saturated carbocycles. The van der Waals surface area contributed by atoms with E-state index in [2.05, 4.69) is 0 Å². The second kappa shape index (κ2) is 5.82. The molecule has 0 fully saturated rings. The standard InChI is InChI=1S/C13H13F3N2O3/c14-13(15,16)7-17(5-6-19)8-18-11(20)9-3-1-2-4-10(9)12(18)21/h1-4,19H,5-8H2. The van der Waals surface area contributed by atoms with Crippen LogP contribution in [0.4, 0.5) is 13.2 Å². The molecule has 1 aromatic carbocycles. The fourth-order valence-electron chi connectivity index (χ4n) is 2.16. The third-order valence-electron chi connectivity index (χ3n) is 3.04. The lowest BCUT2D eigenvalue weighted by Gasteiger charge is -2.26. The maximum absolute atomic E-state index is 12.4.